The minimum absolute atomic E-state index is 0.142. The number of amides is 2. The molecule has 226 valence electrons. The van der Waals surface area contributed by atoms with E-state index in [4.69, 9.17) is 9.47 Å². The number of hydrogen-bond donors (Lipinski definition) is 1. The fourth-order valence-electron chi connectivity index (χ4n) is 6.09. The summed E-state index contributed by atoms with van der Waals surface area (Å²) in [5.74, 6) is -0.335. The lowest BCUT2D eigenvalue weighted by Crippen LogP contribution is -2.44. The van der Waals surface area contributed by atoms with E-state index in [1.807, 2.05) is 42.5 Å². The minimum Gasteiger partial charge on any atom is -0.445 e. The van der Waals surface area contributed by atoms with Crippen LogP contribution in [0.25, 0.3) is 0 Å². The molecule has 2 aliphatic heterocycles. The number of hydrogen-bond acceptors (Lipinski definition) is 8. The Labute approximate surface area is 251 Å². The van der Waals surface area contributed by atoms with Gasteiger partial charge in [0.2, 0.25) is 0 Å². The molecule has 3 heterocycles. The van der Waals surface area contributed by atoms with Crippen LogP contribution in [0.5, 0.6) is 0 Å². The van der Waals surface area contributed by atoms with Crippen LogP contribution < -0.4 is 10.2 Å². The topological polar surface area (TPSA) is 109 Å². The molecule has 1 atom stereocenters. The summed E-state index contributed by atoms with van der Waals surface area (Å²) in [7, 11) is 3.62. The number of aromatic nitrogens is 2. The second-order valence-corrected chi connectivity index (χ2v) is 11.5. The van der Waals surface area contributed by atoms with Crippen LogP contribution in [0.2, 0.25) is 0 Å². The van der Waals surface area contributed by atoms with Crippen LogP contribution in [-0.2, 0) is 27.4 Å². The van der Waals surface area contributed by atoms with Crippen molar-refractivity contribution in [3.63, 3.8) is 0 Å². The molecule has 2 fully saturated rings. The van der Waals surface area contributed by atoms with Gasteiger partial charge in [0.15, 0.2) is 11.9 Å². The Bertz CT molecular complexity index is 1460. The molecule has 2 amide bonds. The number of rotatable bonds is 7. The summed E-state index contributed by atoms with van der Waals surface area (Å²) >= 11 is 0. The number of fused-ring (bicyclic) bond motifs is 1. The van der Waals surface area contributed by atoms with Crippen molar-refractivity contribution in [1.29, 1.82) is 0 Å². The third-order valence-corrected chi connectivity index (χ3v) is 8.63. The van der Waals surface area contributed by atoms with Gasteiger partial charge >= 0.3 is 6.09 Å². The van der Waals surface area contributed by atoms with E-state index in [1.54, 1.807) is 17.0 Å². The van der Waals surface area contributed by atoms with E-state index in [2.05, 4.69) is 27.3 Å². The maximum atomic E-state index is 13.6. The fourth-order valence-corrected chi connectivity index (χ4v) is 6.09. The van der Waals surface area contributed by atoms with E-state index in [9.17, 15) is 14.4 Å². The number of benzene rings is 2. The van der Waals surface area contributed by atoms with Gasteiger partial charge in [-0.3, -0.25) is 9.59 Å². The predicted molar refractivity (Wildman–Crippen MR) is 161 cm³/mol. The highest BCUT2D eigenvalue weighted by molar-refractivity contribution is 6.04. The van der Waals surface area contributed by atoms with Crippen LogP contribution in [0.15, 0.2) is 54.6 Å². The molecule has 11 heteroatoms. The molecule has 0 spiro atoms. The van der Waals surface area contributed by atoms with E-state index in [0.29, 0.717) is 16.8 Å². The van der Waals surface area contributed by atoms with Gasteiger partial charge in [-0.15, -0.1) is 5.10 Å². The molecule has 11 nitrogen and oxygen atoms in total. The second-order valence-electron chi connectivity index (χ2n) is 11.5. The first-order chi connectivity index (χ1) is 20.9. The van der Waals surface area contributed by atoms with Crippen molar-refractivity contribution in [2.45, 2.75) is 51.0 Å². The monoisotopic (exact) mass is 586 g/mol. The zero-order valence-electron chi connectivity index (χ0n) is 24.7. The Kier molecular flexibility index (Phi) is 8.44. The van der Waals surface area contributed by atoms with Crippen molar-refractivity contribution in [2.75, 3.05) is 50.6 Å². The van der Waals surface area contributed by atoms with Crippen molar-refractivity contribution in [3.8, 4) is 0 Å². The summed E-state index contributed by atoms with van der Waals surface area (Å²) in [6.45, 7) is 4.18. The van der Waals surface area contributed by atoms with E-state index in [0.717, 1.165) is 63.1 Å². The maximum Gasteiger partial charge on any atom is 0.435 e. The zero-order valence-corrected chi connectivity index (χ0v) is 24.7. The Hall–Kier alpha value is -4.22. The molecule has 0 unspecified atom stereocenters. The van der Waals surface area contributed by atoms with E-state index in [1.165, 1.54) is 11.8 Å². The Morgan fingerprint density at radius 3 is 2.30 bits per heavy atom. The van der Waals surface area contributed by atoms with Crippen molar-refractivity contribution < 1.29 is 23.9 Å². The van der Waals surface area contributed by atoms with Crippen molar-refractivity contribution in [2.24, 2.45) is 0 Å². The number of piperazine rings is 1. The molecular weight excluding hydrogens is 548 g/mol. The highest BCUT2D eigenvalue weighted by atomic mass is 16.6. The normalized spacial score (nSPS) is 18.0. The number of likely N-dealkylation sites (N-methyl/N-ethyl adjacent to an activating group) is 1. The summed E-state index contributed by atoms with van der Waals surface area (Å²) in [4.78, 5) is 46.4. The molecule has 0 radical (unpaired) electrons. The van der Waals surface area contributed by atoms with E-state index >= 15 is 0 Å². The largest absolute Gasteiger partial charge is 0.445 e. The van der Waals surface area contributed by atoms with Gasteiger partial charge in [-0.2, -0.15) is 4.68 Å². The molecular formula is C32H38N6O5. The average molecular weight is 587 g/mol. The molecule has 6 rings (SSSR count). The summed E-state index contributed by atoms with van der Waals surface area (Å²) in [5.41, 5.74) is 3.43. The lowest BCUT2D eigenvalue weighted by atomic mass is 10.1. The summed E-state index contributed by atoms with van der Waals surface area (Å²) in [5, 5.41) is 7.38. The van der Waals surface area contributed by atoms with Gasteiger partial charge in [0, 0.05) is 50.1 Å². The molecule has 1 aliphatic carbocycles. The van der Waals surface area contributed by atoms with Crippen molar-refractivity contribution in [3.05, 3.63) is 77.0 Å². The first-order valence-corrected chi connectivity index (χ1v) is 14.9. The molecule has 1 saturated heterocycles. The zero-order chi connectivity index (χ0) is 29.9. The lowest BCUT2D eigenvalue weighted by Gasteiger charge is -2.34. The smallest absolute Gasteiger partial charge is 0.435 e. The summed E-state index contributed by atoms with van der Waals surface area (Å²) in [6.07, 6.45) is 2.13. The Morgan fingerprint density at radius 1 is 0.930 bits per heavy atom. The first kappa shape index (κ1) is 28.9. The first-order valence-electron chi connectivity index (χ1n) is 14.9. The second kappa shape index (κ2) is 12.6. The number of ether oxygens (including phenoxy) is 2. The van der Waals surface area contributed by atoms with Gasteiger partial charge in [-0.25, -0.2) is 4.79 Å². The van der Waals surface area contributed by atoms with Gasteiger partial charge in [0.05, 0.1) is 18.8 Å². The SMILES string of the molecule is CO[C@@H](C(=O)N1Cc2c(NC(=O)c3ccc(N4CCN(C)CC4)cc3)nn(C(=O)OC3CCCC3)c2C1)c1ccccc1. The Balaban J connectivity index is 1.22. The van der Waals surface area contributed by atoms with Crippen LogP contribution in [0.4, 0.5) is 16.3 Å². The van der Waals surface area contributed by atoms with E-state index in [-0.39, 0.29) is 36.8 Å². The summed E-state index contributed by atoms with van der Waals surface area (Å²) in [6, 6.07) is 16.8. The van der Waals surface area contributed by atoms with Gasteiger partial charge in [0.1, 0.15) is 6.10 Å². The fraction of sp³-hybridized carbons (Fsp3) is 0.438. The number of anilines is 2. The molecule has 3 aliphatic rings. The maximum absolute atomic E-state index is 13.6. The van der Waals surface area contributed by atoms with Crippen LogP contribution in [-0.4, -0.2) is 83.9 Å². The average Bonchev–Trinajstić information content (AvgIpc) is 3.77. The molecule has 1 aromatic heterocycles. The van der Waals surface area contributed by atoms with Crippen LogP contribution in [0.3, 0.4) is 0 Å². The third-order valence-electron chi connectivity index (χ3n) is 8.63. The summed E-state index contributed by atoms with van der Waals surface area (Å²) < 4.78 is 12.5. The third kappa shape index (κ3) is 6.14. The van der Waals surface area contributed by atoms with E-state index < -0.39 is 12.2 Å². The highest BCUT2D eigenvalue weighted by Crippen LogP contribution is 2.33. The highest BCUT2D eigenvalue weighted by Gasteiger charge is 2.37. The number of nitrogens with one attached hydrogen (secondary N) is 1. The van der Waals surface area contributed by atoms with Crippen LogP contribution >= 0.6 is 0 Å². The van der Waals surface area contributed by atoms with Gasteiger partial charge in [-0.05, 0) is 62.6 Å². The molecule has 1 N–H and O–H groups in total. The standard InChI is InChI=1S/C32H38N6O5/c1-35-16-18-36(19-17-35)24-14-12-23(13-15-24)30(39)33-29-26-20-37(31(40)28(42-2)22-8-4-3-5-9-22)21-27(26)38(34-29)32(41)43-25-10-6-7-11-25/h3-5,8-9,12-15,25,28H,6-7,10-11,16-21H2,1-2H3,(H,33,34,39)/t28-/m1/s1. The predicted octanol–water partition coefficient (Wildman–Crippen LogP) is 4.04. The van der Waals surface area contributed by atoms with Crippen molar-refractivity contribution >= 4 is 29.4 Å². The van der Waals surface area contributed by atoms with Crippen molar-refractivity contribution in [1.82, 2.24) is 19.6 Å². The van der Waals surface area contributed by atoms with Gasteiger partial charge < -0.3 is 29.5 Å². The molecule has 2 aromatic carbocycles. The minimum atomic E-state index is -0.797. The molecule has 3 aromatic rings. The number of methoxy groups -OCH3 is 1. The van der Waals surface area contributed by atoms with Crippen LogP contribution in [0, 0.1) is 0 Å². The van der Waals surface area contributed by atoms with Gasteiger partial charge in [-0.1, -0.05) is 30.3 Å². The molecule has 0 bridgehead atoms. The lowest BCUT2D eigenvalue weighted by molar-refractivity contribution is -0.143. The molecule has 1 saturated carbocycles. The quantitative estimate of drug-likeness (QED) is 0.442. The molecule has 43 heavy (non-hydrogen) atoms. The number of carbonyl (C=O) groups excluding carboxylic acids is 3. The number of nitrogens with zero attached hydrogens (tertiary/aromatic N) is 5. The van der Waals surface area contributed by atoms with Crippen LogP contribution in [0.1, 0.15) is 59.0 Å². The van der Waals surface area contributed by atoms with Gasteiger partial charge in [0.25, 0.3) is 11.8 Å². The number of carbonyl (C=O) groups is 3. The Morgan fingerprint density at radius 2 is 1.63 bits per heavy atom.